The van der Waals surface area contributed by atoms with Gasteiger partial charge in [0.05, 0.1) is 23.8 Å². The number of rotatable bonds is 6. The fraction of sp³-hybridized carbons (Fsp3) is 0.400. The van der Waals surface area contributed by atoms with Crippen LogP contribution >= 0.6 is 0 Å². The molecule has 2 aromatic rings. The summed E-state index contributed by atoms with van der Waals surface area (Å²) >= 11 is 0. The highest BCUT2D eigenvalue weighted by molar-refractivity contribution is 6.04. The van der Waals surface area contributed by atoms with E-state index in [4.69, 9.17) is 5.11 Å². The second-order valence-corrected chi connectivity index (χ2v) is 5.54. The summed E-state index contributed by atoms with van der Waals surface area (Å²) < 4.78 is 13.7. The zero-order valence-corrected chi connectivity index (χ0v) is 12.5. The summed E-state index contributed by atoms with van der Waals surface area (Å²) in [5, 5.41) is 8.82. The van der Waals surface area contributed by atoms with E-state index in [9.17, 15) is 14.0 Å². The summed E-state index contributed by atoms with van der Waals surface area (Å²) in [7, 11) is 0. The molecule has 2 N–H and O–H groups in total. The number of carboxylic acids is 1. The first-order valence-electron chi connectivity index (χ1n) is 7.02. The molecule has 0 bridgehead atoms. The average molecular weight is 307 g/mol. The lowest BCUT2D eigenvalue weighted by Crippen LogP contribution is -2.36. The van der Waals surface area contributed by atoms with Gasteiger partial charge in [-0.3, -0.25) is 9.59 Å². The first-order chi connectivity index (χ1) is 10.4. The third-order valence-corrected chi connectivity index (χ3v) is 3.19. The quantitative estimate of drug-likeness (QED) is 0.857. The van der Waals surface area contributed by atoms with Crippen LogP contribution in [0.4, 0.5) is 4.39 Å². The number of carbonyl (C=O) groups excluding carboxylic acids is 1. The van der Waals surface area contributed by atoms with Crippen molar-refractivity contribution in [3.05, 3.63) is 29.8 Å². The van der Waals surface area contributed by atoms with Crippen molar-refractivity contribution in [2.45, 2.75) is 20.3 Å². The molecule has 0 aliphatic carbocycles. The van der Waals surface area contributed by atoms with Gasteiger partial charge in [0, 0.05) is 13.1 Å². The molecule has 0 spiro atoms. The molecule has 0 saturated heterocycles. The average Bonchev–Trinajstić information content (AvgIpc) is 2.89. The Balaban J connectivity index is 2.35. The maximum Gasteiger partial charge on any atom is 0.305 e. The molecular weight excluding hydrogens is 289 g/mol. The minimum absolute atomic E-state index is 0.0782. The van der Waals surface area contributed by atoms with Crippen molar-refractivity contribution in [3.8, 4) is 0 Å². The maximum absolute atomic E-state index is 13.7. The predicted molar refractivity (Wildman–Crippen MR) is 79.0 cm³/mol. The Hall–Kier alpha value is -2.44. The number of fused-ring (bicyclic) bond motifs is 1. The number of hydrogen-bond acceptors (Lipinski definition) is 3. The fourth-order valence-electron chi connectivity index (χ4n) is 2.30. The van der Waals surface area contributed by atoms with Gasteiger partial charge < -0.3 is 15.0 Å². The van der Waals surface area contributed by atoms with Gasteiger partial charge in [-0.1, -0.05) is 13.8 Å². The molecule has 0 atom stereocenters. The van der Waals surface area contributed by atoms with Crippen molar-refractivity contribution in [2.75, 3.05) is 13.1 Å². The highest BCUT2D eigenvalue weighted by Crippen LogP contribution is 2.19. The smallest absolute Gasteiger partial charge is 0.305 e. The second-order valence-electron chi connectivity index (χ2n) is 5.54. The summed E-state index contributed by atoms with van der Waals surface area (Å²) in [4.78, 5) is 31.7. The normalized spacial score (nSPS) is 11.1. The van der Waals surface area contributed by atoms with Gasteiger partial charge >= 0.3 is 5.97 Å². The van der Waals surface area contributed by atoms with E-state index >= 15 is 0 Å². The van der Waals surface area contributed by atoms with E-state index in [1.54, 1.807) is 0 Å². The summed E-state index contributed by atoms with van der Waals surface area (Å²) in [5.74, 6) is -1.76. The molecule has 1 heterocycles. The Labute approximate surface area is 127 Å². The third-order valence-electron chi connectivity index (χ3n) is 3.19. The van der Waals surface area contributed by atoms with Crippen LogP contribution in [0.2, 0.25) is 0 Å². The van der Waals surface area contributed by atoms with Crippen LogP contribution in [0, 0.1) is 11.7 Å². The number of nitrogens with one attached hydrogen (secondary N) is 1. The topological polar surface area (TPSA) is 86.3 Å². The number of aliphatic carboxylic acids is 1. The SMILES string of the molecule is CC(C)CN(CCC(=O)O)C(=O)c1cc(F)cc2[nH]cnc12. The number of carboxylic acid groups (broad SMARTS) is 1. The van der Waals surface area contributed by atoms with E-state index in [0.29, 0.717) is 17.6 Å². The van der Waals surface area contributed by atoms with Gasteiger partial charge in [-0.15, -0.1) is 0 Å². The number of amides is 1. The van der Waals surface area contributed by atoms with Crippen molar-refractivity contribution in [1.29, 1.82) is 0 Å². The number of aromatic amines is 1. The highest BCUT2D eigenvalue weighted by atomic mass is 19.1. The van der Waals surface area contributed by atoms with Crippen LogP contribution in [0.5, 0.6) is 0 Å². The standard InChI is InChI=1S/C15H18FN3O3/c1-9(2)7-19(4-3-13(20)21)15(22)11-5-10(16)6-12-14(11)18-8-17-12/h5-6,8-9H,3-4,7H2,1-2H3,(H,17,18)(H,20,21). The van der Waals surface area contributed by atoms with Gasteiger partial charge in [0.15, 0.2) is 0 Å². The van der Waals surface area contributed by atoms with Crippen molar-refractivity contribution < 1.29 is 19.1 Å². The molecule has 0 aliphatic rings. The second kappa shape index (κ2) is 6.55. The van der Waals surface area contributed by atoms with E-state index in [1.807, 2.05) is 13.8 Å². The van der Waals surface area contributed by atoms with Gasteiger partial charge in [-0.2, -0.15) is 0 Å². The molecule has 22 heavy (non-hydrogen) atoms. The van der Waals surface area contributed by atoms with Crippen LogP contribution in [0.1, 0.15) is 30.6 Å². The zero-order chi connectivity index (χ0) is 16.3. The van der Waals surface area contributed by atoms with Crippen LogP contribution < -0.4 is 0 Å². The van der Waals surface area contributed by atoms with Gasteiger partial charge in [0.1, 0.15) is 11.3 Å². The molecule has 0 unspecified atom stereocenters. The number of hydrogen-bond donors (Lipinski definition) is 2. The lowest BCUT2D eigenvalue weighted by Gasteiger charge is -2.24. The largest absolute Gasteiger partial charge is 0.481 e. The summed E-state index contributed by atoms with van der Waals surface area (Å²) in [6.45, 7) is 4.33. The Morgan fingerprint density at radius 3 is 2.77 bits per heavy atom. The van der Waals surface area contributed by atoms with Crippen LogP contribution in [0.15, 0.2) is 18.5 Å². The van der Waals surface area contributed by atoms with Crippen LogP contribution in [0.25, 0.3) is 11.0 Å². The number of imidazole rings is 1. The Kier molecular flexibility index (Phi) is 4.75. The lowest BCUT2D eigenvalue weighted by molar-refractivity contribution is -0.137. The molecule has 1 aromatic heterocycles. The highest BCUT2D eigenvalue weighted by Gasteiger charge is 2.21. The number of benzene rings is 1. The lowest BCUT2D eigenvalue weighted by atomic mass is 10.1. The molecule has 1 aromatic carbocycles. The summed E-state index contributed by atoms with van der Waals surface area (Å²) in [6, 6.07) is 2.41. The molecule has 2 rings (SSSR count). The molecule has 0 saturated carbocycles. The first kappa shape index (κ1) is 15.9. The van der Waals surface area contributed by atoms with Crippen molar-refractivity contribution in [3.63, 3.8) is 0 Å². The third kappa shape index (κ3) is 3.60. The first-order valence-corrected chi connectivity index (χ1v) is 7.02. The van der Waals surface area contributed by atoms with Crippen molar-refractivity contribution in [1.82, 2.24) is 14.9 Å². The number of nitrogens with zero attached hydrogens (tertiary/aromatic N) is 2. The van der Waals surface area contributed by atoms with Gasteiger partial charge in [-0.25, -0.2) is 9.37 Å². The Morgan fingerprint density at radius 1 is 1.41 bits per heavy atom. The maximum atomic E-state index is 13.7. The van der Waals surface area contributed by atoms with E-state index < -0.39 is 17.7 Å². The van der Waals surface area contributed by atoms with Crippen molar-refractivity contribution >= 4 is 22.9 Å². The van der Waals surface area contributed by atoms with E-state index in [2.05, 4.69) is 9.97 Å². The molecule has 0 radical (unpaired) electrons. The van der Waals surface area contributed by atoms with Crippen molar-refractivity contribution in [2.24, 2.45) is 5.92 Å². The van der Waals surface area contributed by atoms with Crippen LogP contribution in [0.3, 0.4) is 0 Å². The number of carbonyl (C=O) groups is 2. The molecule has 0 aliphatic heterocycles. The molecule has 1 amide bonds. The number of halogens is 1. The minimum Gasteiger partial charge on any atom is -0.481 e. The van der Waals surface area contributed by atoms with Gasteiger partial charge in [-0.05, 0) is 18.1 Å². The van der Waals surface area contributed by atoms with Gasteiger partial charge in [0.2, 0.25) is 0 Å². The number of H-pyrrole nitrogens is 1. The number of aromatic nitrogens is 2. The van der Waals surface area contributed by atoms with Crippen LogP contribution in [-0.4, -0.2) is 44.9 Å². The fourth-order valence-corrected chi connectivity index (χ4v) is 2.30. The predicted octanol–water partition coefficient (Wildman–Crippen LogP) is 2.27. The Bertz CT molecular complexity index is 696. The Morgan fingerprint density at radius 2 is 2.14 bits per heavy atom. The van der Waals surface area contributed by atoms with Gasteiger partial charge in [0.25, 0.3) is 5.91 Å². The molecular formula is C15H18FN3O3. The summed E-state index contributed by atoms with van der Waals surface area (Å²) in [5.41, 5.74) is 0.962. The zero-order valence-electron chi connectivity index (χ0n) is 12.5. The van der Waals surface area contributed by atoms with Crippen LogP contribution in [-0.2, 0) is 4.79 Å². The summed E-state index contributed by atoms with van der Waals surface area (Å²) in [6.07, 6.45) is 1.24. The molecule has 118 valence electrons. The van der Waals surface area contributed by atoms with E-state index in [-0.39, 0.29) is 24.4 Å². The molecule has 7 heteroatoms. The molecule has 0 fully saturated rings. The van der Waals surface area contributed by atoms with E-state index in [1.165, 1.54) is 17.3 Å². The molecule has 6 nitrogen and oxygen atoms in total. The minimum atomic E-state index is -0.981. The van der Waals surface area contributed by atoms with E-state index in [0.717, 1.165) is 6.07 Å². The monoisotopic (exact) mass is 307 g/mol.